The molecule has 0 radical (unpaired) electrons. The van der Waals surface area contributed by atoms with Gasteiger partial charge in [-0.1, -0.05) is 0 Å². The van der Waals surface area contributed by atoms with Gasteiger partial charge in [0.05, 0.1) is 23.9 Å². The second-order valence-corrected chi connectivity index (χ2v) is 7.53. The molecule has 0 spiro atoms. The van der Waals surface area contributed by atoms with E-state index in [1.54, 1.807) is 30.3 Å². The summed E-state index contributed by atoms with van der Waals surface area (Å²) in [4.78, 5) is 49.8. The molecule has 3 N–H and O–H groups in total. The molecule has 0 aromatic heterocycles. The number of ether oxygens (including phenoxy) is 3. The molecule has 0 atom stereocenters. The third-order valence-corrected chi connectivity index (χ3v) is 5.02. The van der Waals surface area contributed by atoms with Crippen molar-refractivity contribution in [2.45, 2.75) is 6.92 Å². The molecule has 1 aliphatic rings. The Hall–Kier alpha value is -3.86. The maximum atomic E-state index is 13.1. The van der Waals surface area contributed by atoms with Gasteiger partial charge >= 0.3 is 6.03 Å². The number of hydrogen-bond donors (Lipinski definition) is 2. The van der Waals surface area contributed by atoms with Crippen LogP contribution in [0.4, 0.5) is 10.5 Å². The fourth-order valence-corrected chi connectivity index (χ4v) is 3.60. The topological polar surface area (TPSA) is 137 Å². The van der Waals surface area contributed by atoms with Crippen LogP contribution in [0.1, 0.15) is 12.5 Å². The zero-order chi connectivity index (χ0) is 24.1. The van der Waals surface area contributed by atoms with E-state index >= 15 is 0 Å². The quantitative estimate of drug-likeness (QED) is 0.405. The van der Waals surface area contributed by atoms with Crippen molar-refractivity contribution in [3.8, 4) is 17.2 Å². The molecule has 1 heterocycles. The number of nitrogens with zero attached hydrogens (tertiary/aromatic N) is 1. The van der Waals surface area contributed by atoms with E-state index in [1.807, 2.05) is 6.92 Å². The average molecular weight is 518 g/mol. The predicted molar refractivity (Wildman–Crippen MR) is 122 cm³/mol. The Morgan fingerprint density at radius 1 is 1.15 bits per heavy atom. The van der Waals surface area contributed by atoms with Crippen molar-refractivity contribution in [1.29, 1.82) is 0 Å². The standard InChI is InChI=1S/C22H20BrN3O7/c1-3-32-14-6-4-13(5-7-14)26-21(29)15(20(28)25-22(26)30)8-12-9-16(23)19(17(10-12)31-2)33-11-18(24)27/h4-10H,3,11H2,1-2H3,(H2,24,27)(H,25,28,30)/b15-8+. The summed E-state index contributed by atoms with van der Waals surface area (Å²) in [5, 5.41) is 2.16. The Balaban J connectivity index is 1.95. The number of imide groups is 2. The SMILES string of the molecule is CCOc1ccc(N2C(=O)NC(=O)/C(=C\c3cc(Br)c(OCC(N)=O)c(OC)c3)C2=O)cc1. The van der Waals surface area contributed by atoms with Crippen LogP contribution in [0.25, 0.3) is 6.08 Å². The fraction of sp³-hybridized carbons (Fsp3) is 0.182. The highest BCUT2D eigenvalue weighted by Gasteiger charge is 2.36. The van der Waals surface area contributed by atoms with Crippen LogP contribution in [-0.4, -0.2) is 44.1 Å². The van der Waals surface area contributed by atoms with Gasteiger partial charge in [0.2, 0.25) is 0 Å². The zero-order valence-corrected chi connectivity index (χ0v) is 19.3. The molecule has 2 aromatic carbocycles. The van der Waals surface area contributed by atoms with Crippen molar-refractivity contribution in [1.82, 2.24) is 5.32 Å². The molecule has 2 aromatic rings. The van der Waals surface area contributed by atoms with Gasteiger partial charge in [0.15, 0.2) is 18.1 Å². The van der Waals surface area contributed by atoms with Gasteiger partial charge in [-0.05, 0) is 70.9 Å². The van der Waals surface area contributed by atoms with Gasteiger partial charge in [-0.25, -0.2) is 9.69 Å². The Morgan fingerprint density at radius 2 is 1.85 bits per heavy atom. The number of benzene rings is 2. The Labute approximate surface area is 197 Å². The first-order valence-electron chi connectivity index (χ1n) is 9.68. The number of hydrogen-bond acceptors (Lipinski definition) is 7. The molecule has 172 valence electrons. The number of barbiturate groups is 1. The monoisotopic (exact) mass is 517 g/mol. The highest BCUT2D eigenvalue weighted by atomic mass is 79.9. The van der Waals surface area contributed by atoms with Crippen LogP contribution in [0.2, 0.25) is 0 Å². The van der Waals surface area contributed by atoms with Crippen molar-refractivity contribution in [3.05, 3.63) is 52.0 Å². The Morgan fingerprint density at radius 3 is 2.45 bits per heavy atom. The van der Waals surface area contributed by atoms with Crippen molar-refractivity contribution >= 4 is 51.4 Å². The van der Waals surface area contributed by atoms with E-state index in [0.29, 0.717) is 22.4 Å². The summed E-state index contributed by atoms with van der Waals surface area (Å²) < 4.78 is 16.4. The molecule has 11 heteroatoms. The average Bonchev–Trinajstić information content (AvgIpc) is 2.76. The molecular weight excluding hydrogens is 498 g/mol. The Bertz CT molecular complexity index is 1150. The molecule has 3 rings (SSSR count). The summed E-state index contributed by atoms with van der Waals surface area (Å²) >= 11 is 3.31. The lowest BCUT2D eigenvalue weighted by Crippen LogP contribution is -2.54. The molecule has 10 nitrogen and oxygen atoms in total. The van der Waals surface area contributed by atoms with E-state index in [2.05, 4.69) is 21.2 Å². The lowest BCUT2D eigenvalue weighted by atomic mass is 10.1. The van der Waals surface area contributed by atoms with Gasteiger partial charge in [-0.3, -0.25) is 19.7 Å². The third kappa shape index (κ3) is 5.32. The second kappa shape index (κ2) is 10.2. The first kappa shape index (κ1) is 23.8. The van der Waals surface area contributed by atoms with E-state index < -0.39 is 23.8 Å². The fourth-order valence-electron chi connectivity index (χ4n) is 3.02. The highest BCUT2D eigenvalue weighted by Crippen LogP contribution is 2.37. The summed E-state index contributed by atoms with van der Waals surface area (Å²) in [5.41, 5.74) is 5.53. The number of methoxy groups -OCH3 is 1. The first-order valence-corrected chi connectivity index (χ1v) is 10.5. The van der Waals surface area contributed by atoms with Crippen molar-refractivity contribution < 1.29 is 33.4 Å². The van der Waals surface area contributed by atoms with Crippen molar-refractivity contribution in [2.24, 2.45) is 5.73 Å². The molecule has 33 heavy (non-hydrogen) atoms. The number of nitrogens with one attached hydrogen (secondary N) is 1. The van der Waals surface area contributed by atoms with Gasteiger partial charge in [0.25, 0.3) is 17.7 Å². The highest BCUT2D eigenvalue weighted by molar-refractivity contribution is 9.10. The summed E-state index contributed by atoms with van der Waals surface area (Å²) in [6.45, 7) is 1.94. The van der Waals surface area contributed by atoms with Gasteiger partial charge in [-0.2, -0.15) is 0 Å². The van der Waals surface area contributed by atoms with Crippen LogP contribution >= 0.6 is 15.9 Å². The van der Waals surface area contributed by atoms with Crippen LogP contribution in [-0.2, 0) is 14.4 Å². The molecule has 0 aliphatic carbocycles. The van der Waals surface area contributed by atoms with Crippen LogP contribution in [0.15, 0.2) is 46.4 Å². The van der Waals surface area contributed by atoms with E-state index in [4.69, 9.17) is 19.9 Å². The molecule has 0 saturated carbocycles. The number of carbonyl (C=O) groups excluding carboxylic acids is 4. The van der Waals surface area contributed by atoms with Crippen molar-refractivity contribution in [3.63, 3.8) is 0 Å². The minimum Gasteiger partial charge on any atom is -0.494 e. The number of primary amides is 1. The number of anilines is 1. The van der Waals surface area contributed by atoms with Crippen LogP contribution in [0, 0.1) is 0 Å². The number of carbonyl (C=O) groups is 4. The maximum absolute atomic E-state index is 13.1. The van der Waals surface area contributed by atoms with Gasteiger partial charge in [-0.15, -0.1) is 0 Å². The third-order valence-electron chi connectivity index (χ3n) is 4.43. The molecule has 1 saturated heterocycles. The van der Waals surface area contributed by atoms with E-state index in [-0.39, 0.29) is 29.4 Å². The lowest BCUT2D eigenvalue weighted by Gasteiger charge is -2.26. The van der Waals surface area contributed by atoms with E-state index in [1.165, 1.54) is 19.3 Å². The van der Waals surface area contributed by atoms with Crippen LogP contribution in [0.3, 0.4) is 0 Å². The maximum Gasteiger partial charge on any atom is 0.335 e. The second-order valence-electron chi connectivity index (χ2n) is 6.67. The van der Waals surface area contributed by atoms with E-state index in [9.17, 15) is 19.2 Å². The Kier molecular flexibility index (Phi) is 7.34. The molecule has 1 aliphatic heterocycles. The van der Waals surface area contributed by atoms with Crippen molar-refractivity contribution in [2.75, 3.05) is 25.2 Å². The zero-order valence-electron chi connectivity index (χ0n) is 17.7. The van der Waals surface area contributed by atoms with Crippen LogP contribution in [0.5, 0.6) is 17.2 Å². The largest absolute Gasteiger partial charge is 0.494 e. The predicted octanol–water partition coefficient (Wildman–Crippen LogP) is 2.39. The molecular formula is C22H20BrN3O7. The van der Waals surface area contributed by atoms with Gasteiger partial charge in [0, 0.05) is 0 Å². The van der Waals surface area contributed by atoms with Gasteiger partial charge in [0.1, 0.15) is 11.3 Å². The summed E-state index contributed by atoms with van der Waals surface area (Å²) in [7, 11) is 1.39. The summed E-state index contributed by atoms with van der Waals surface area (Å²) in [5.74, 6) is -1.26. The smallest absolute Gasteiger partial charge is 0.335 e. The number of amides is 5. The summed E-state index contributed by atoms with van der Waals surface area (Å²) in [6, 6.07) is 8.52. The minimum atomic E-state index is -0.861. The normalized spacial score (nSPS) is 14.8. The number of halogens is 1. The molecule has 0 unspecified atom stereocenters. The minimum absolute atomic E-state index is 0.226. The van der Waals surface area contributed by atoms with Gasteiger partial charge < -0.3 is 19.9 Å². The molecule has 1 fully saturated rings. The lowest BCUT2D eigenvalue weighted by molar-refractivity contribution is -0.123. The molecule has 5 amide bonds. The van der Waals surface area contributed by atoms with Crippen LogP contribution < -0.4 is 30.2 Å². The summed E-state index contributed by atoms with van der Waals surface area (Å²) in [6.07, 6.45) is 1.32. The number of nitrogens with two attached hydrogens (primary N) is 1. The van der Waals surface area contributed by atoms with E-state index in [0.717, 1.165) is 4.90 Å². The number of urea groups is 1. The number of rotatable bonds is 8. The molecule has 0 bridgehead atoms. The first-order chi connectivity index (χ1) is 15.7.